The molecule has 0 fully saturated rings. The third-order valence-corrected chi connectivity index (χ3v) is 7.29. The van der Waals surface area contributed by atoms with Crippen molar-refractivity contribution in [3.8, 4) is 5.75 Å². The molecule has 5 nitrogen and oxygen atoms in total. The van der Waals surface area contributed by atoms with Crippen molar-refractivity contribution in [3.05, 3.63) is 57.7 Å². The van der Waals surface area contributed by atoms with E-state index in [4.69, 9.17) is 27.9 Å². The maximum atomic E-state index is 13.6. The van der Waals surface area contributed by atoms with E-state index in [1.54, 1.807) is 31.2 Å². The van der Waals surface area contributed by atoms with Gasteiger partial charge in [-0.1, -0.05) is 49.2 Å². The average molecular weight is 469 g/mol. The zero-order chi connectivity index (χ0) is 22.2. The predicted molar refractivity (Wildman–Crippen MR) is 124 cm³/mol. The second-order valence-corrected chi connectivity index (χ2v) is 10.5. The zero-order valence-electron chi connectivity index (χ0n) is 17.7. The van der Waals surface area contributed by atoms with E-state index in [0.29, 0.717) is 46.4 Å². The maximum absolute atomic E-state index is 13.6. The van der Waals surface area contributed by atoms with E-state index in [9.17, 15) is 8.42 Å². The standard InChI is InChI=1S/C22H26Cl2N2O3S/c1-14(2)16-6-8-18(9-7-16)30(27,28)26-15(3)22(29-11-10-25(4)5)19-12-17(23)13-20(24)21(19)26/h6-9,12-14H,10-11H2,1-5H3. The van der Waals surface area contributed by atoms with E-state index in [2.05, 4.69) is 13.8 Å². The number of rotatable bonds is 7. The first-order chi connectivity index (χ1) is 14.0. The lowest BCUT2D eigenvalue weighted by molar-refractivity contribution is 0.262. The van der Waals surface area contributed by atoms with Crippen molar-refractivity contribution < 1.29 is 13.2 Å². The first-order valence-electron chi connectivity index (χ1n) is 9.67. The molecule has 1 heterocycles. The summed E-state index contributed by atoms with van der Waals surface area (Å²) in [5.74, 6) is 0.780. The number of fused-ring (bicyclic) bond motifs is 1. The fourth-order valence-electron chi connectivity index (χ4n) is 3.34. The second kappa shape index (κ2) is 8.79. The molecule has 3 aromatic rings. The summed E-state index contributed by atoms with van der Waals surface area (Å²) in [5.41, 5.74) is 1.90. The minimum Gasteiger partial charge on any atom is -0.490 e. The molecular weight excluding hydrogens is 443 g/mol. The Morgan fingerprint density at radius 1 is 1.10 bits per heavy atom. The number of hydrogen-bond donors (Lipinski definition) is 0. The Bertz CT molecular complexity index is 1170. The number of hydrogen-bond acceptors (Lipinski definition) is 4. The number of benzene rings is 2. The third-order valence-electron chi connectivity index (χ3n) is 4.98. The summed E-state index contributed by atoms with van der Waals surface area (Å²) in [6.07, 6.45) is 0. The molecule has 0 N–H and O–H groups in total. The highest BCUT2D eigenvalue weighted by Crippen LogP contribution is 2.41. The summed E-state index contributed by atoms with van der Waals surface area (Å²) in [5, 5.41) is 1.25. The molecule has 0 atom stereocenters. The van der Waals surface area contributed by atoms with Crippen LogP contribution in [0.15, 0.2) is 41.3 Å². The smallest absolute Gasteiger partial charge is 0.268 e. The maximum Gasteiger partial charge on any atom is 0.268 e. The van der Waals surface area contributed by atoms with E-state index in [-0.39, 0.29) is 9.92 Å². The van der Waals surface area contributed by atoms with Gasteiger partial charge in [-0.15, -0.1) is 0 Å². The zero-order valence-corrected chi connectivity index (χ0v) is 20.1. The van der Waals surface area contributed by atoms with Gasteiger partial charge in [0, 0.05) is 17.0 Å². The van der Waals surface area contributed by atoms with E-state index < -0.39 is 10.0 Å². The molecule has 0 aliphatic rings. The van der Waals surface area contributed by atoms with Crippen LogP contribution in [0.2, 0.25) is 10.0 Å². The van der Waals surface area contributed by atoms with Crippen LogP contribution in [0.3, 0.4) is 0 Å². The molecule has 0 radical (unpaired) electrons. The number of aromatic nitrogens is 1. The Balaban J connectivity index is 2.20. The van der Waals surface area contributed by atoms with Crippen LogP contribution in [0, 0.1) is 6.92 Å². The fourth-order valence-corrected chi connectivity index (χ4v) is 5.54. The first-order valence-corrected chi connectivity index (χ1v) is 11.9. The van der Waals surface area contributed by atoms with Gasteiger partial charge in [-0.2, -0.15) is 0 Å². The number of nitrogens with zero attached hydrogens (tertiary/aromatic N) is 2. The van der Waals surface area contributed by atoms with Gasteiger partial charge in [-0.3, -0.25) is 0 Å². The fraction of sp³-hybridized carbons (Fsp3) is 0.364. The molecule has 0 unspecified atom stereocenters. The van der Waals surface area contributed by atoms with Gasteiger partial charge in [0.25, 0.3) is 10.0 Å². The molecular formula is C22H26Cl2N2O3S. The highest BCUT2D eigenvalue weighted by Gasteiger charge is 2.28. The topological polar surface area (TPSA) is 51.5 Å². The number of halogens is 2. The lowest BCUT2D eigenvalue weighted by Crippen LogP contribution is -2.20. The van der Waals surface area contributed by atoms with E-state index in [1.807, 2.05) is 31.1 Å². The van der Waals surface area contributed by atoms with Gasteiger partial charge in [-0.05, 0) is 56.8 Å². The van der Waals surface area contributed by atoms with Gasteiger partial charge in [0.1, 0.15) is 12.4 Å². The summed E-state index contributed by atoms with van der Waals surface area (Å²) in [4.78, 5) is 2.18. The molecule has 30 heavy (non-hydrogen) atoms. The molecule has 1 aromatic heterocycles. The normalized spacial score (nSPS) is 12.3. The minimum absolute atomic E-state index is 0.192. The number of ether oxygens (including phenoxy) is 1. The van der Waals surface area contributed by atoms with E-state index >= 15 is 0 Å². The van der Waals surface area contributed by atoms with Gasteiger partial charge in [0.05, 0.1) is 21.1 Å². The lowest BCUT2D eigenvalue weighted by Gasteiger charge is -2.13. The van der Waals surface area contributed by atoms with Crippen LogP contribution in [-0.4, -0.2) is 44.5 Å². The van der Waals surface area contributed by atoms with Crippen LogP contribution in [0.25, 0.3) is 10.9 Å². The molecule has 0 aliphatic carbocycles. The Kier molecular flexibility index (Phi) is 6.72. The highest BCUT2D eigenvalue weighted by atomic mass is 35.5. The van der Waals surface area contributed by atoms with Gasteiger partial charge >= 0.3 is 0 Å². The largest absolute Gasteiger partial charge is 0.490 e. The third kappa shape index (κ3) is 4.33. The van der Waals surface area contributed by atoms with Gasteiger partial charge in [0.2, 0.25) is 0 Å². The second-order valence-electron chi connectivity index (χ2n) is 7.84. The van der Waals surface area contributed by atoms with Crippen LogP contribution in [0.1, 0.15) is 31.0 Å². The van der Waals surface area contributed by atoms with Crippen LogP contribution >= 0.6 is 23.2 Å². The molecule has 0 amide bonds. The first kappa shape index (κ1) is 22.9. The van der Waals surface area contributed by atoms with E-state index in [0.717, 1.165) is 5.56 Å². The van der Waals surface area contributed by atoms with Crippen molar-refractivity contribution in [1.82, 2.24) is 8.87 Å². The molecule has 8 heteroatoms. The molecule has 3 rings (SSSR count). The summed E-state index contributed by atoms with van der Waals surface area (Å²) in [6.45, 7) is 6.93. The van der Waals surface area contributed by atoms with Crippen molar-refractivity contribution in [2.24, 2.45) is 0 Å². The Morgan fingerprint density at radius 3 is 2.30 bits per heavy atom. The quantitative estimate of drug-likeness (QED) is 0.455. The number of likely N-dealkylation sites (N-methyl/N-ethyl adjacent to an activating group) is 1. The summed E-state index contributed by atoms with van der Waals surface area (Å²) in [7, 11) is -0.00993. The van der Waals surface area contributed by atoms with Crippen LogP contribution < -0.4 is 4.74 Å². The summed E-state index contributed by atoms with van der Waals surface area (Å²) in [6, 6.07) is 10.2. The Hall–Kier alpha value is -1.73. The predicted octanol–water partition coefficient (Wildman–Crippen LogP) is 5.56. The van der Waals surface area contributed by atoms with Crippen LogP contribution in [0.5, 0.6) is 5.75 Å². The Morgan fingerprint density at radius 2 is 1.73 bits per heavy atom. The highest BCUT2D eigenvalue weighted by molar-refractivity contribution is 7.90. The van der Waals surface area contributed by atoms with Crippen molar-refractivity contribution in [1.29, 1.82) is 0 Å². The van der Waals surface area contributed by atoms with Crippen molar-refractivity contribution >= 4 is 44.1 Å². The molecule has 0 saturated carbocycles. The Labute approximate surface area is 188 Å². The minimum atomic E-state index is -3.90. The van der Waals surface area contributed by atoms with Crippen LogP contribution in [-0.2, 0) is 10.0 Å². The summed E-state index contributed by atoms with van der Waals surface area (Å²) < 4.78 is 34.4. The molecule has 2 aromatic carbocycles. The van der Waals surface area contributed by atoms with Crippen molar-refractivity contribution in [2.45, 2.75) is 31.6 Å². The molecule has 0 aliphatic heterocycles. The lowest BCUT2D eigenvalue weighted by atomic mass is 10.0. The van der Waals surface area contributed by atoms with Crippen molar-refractivity contribution in [3.63, 3.8) is 0 Å². The summed E-state index contributed by atoms with van der Waals surface area (Å²) >= 11 is 12.7. The average Bonchev–Trinajstić information content (AvgIpc) is 2.94. The molecule has 0 spiro atoms. The SMILES string of the molecule is Cc1c(OCCN(C)C)c2cc(Cl)cc(Cl)c2n1S(=O)(=O)c1ccc(C(C)C)cc1. The monoisotopic (exact) mass is 468 g/mol. The molecule has 0 bridgehead atoms. The molecule has 162 valence electrons. The van der Waals surface area contributed by atoms with Crippen molar-refractivity contribution in [2.75, 3.05) is 27.2 Å². The van der Waals surface area contributed by atoms with E-state index in [1.165, 1.54) is 3.97 Å². The van der Waals surface area contributed by atoms with Gasteiger partial charge < -0.3 is 9.64 Å². The molecule has 0 saturated heterocycles. The van der Waals surface area contributed by atoms with Crippen LogP contribution in [0.4, 0.5) is 0 Å². The van der Waals surface area contributed by atoms with Gasteiger partial charge in [0.15, 0.2) is 0 Å². The van der Waals surface area contributed by atoms with Gasteiger partial charge in [-0.25, -0.2) is 12.4 Å².